The van der Waals surface area contributed by atoms with Crippen LogP contribution in [0, 0.1) is 17.5 Å². The summed E-state index contributed by atoms with van der Waals surface area (Å²) in [6.45, 7) is 0.530. The molecule has 0 spiro atoms. The quantitative estimate of drug-likeness (QED) is 0.410. The van der Waals surface area contributed by atoms with Crippen LogP contribution in [-0.4, -0.2) is 43.4 Å². The van der Waals surface area contributed by atoms with E-state index in [2.05, 4.69) is 15.3 Å². The van der Waals surface area contributed by atoms with Crippen molar-refractivity contribution in [2.75, 3.05) is 6.54 Å². The highest BCUT2D eigenvalue weighted by molar-refractivity contribution is 5.99. The van der Waals surface area contributed by atoms with Gasteiger partial charge in [-0.1, -0.05) is 18.2 Å². The minimum atomic E-state index is -1.05. The number of hydrogen-bond donors (Lipinski definition) is 0. The molecule has 0 bridgehead atoms. The number of benzene rings is 2. The highest BCUT2D eigenvalue weighted by atomic mass is 19.2. The van der Waals surface area contributed by atoms with Gasteiger partial charge in [0, 0.05) is 37.8 Å². The Hall–Kier alpha value is -3.95. The molecule has 0 aliphatic carbocycles. The van der Waals surface area contributed by atoms with E-state index in [0.29, 0.717) is 17.7 Å². The first-order valence-electron chi connectivity index (χ1n) is 11.3. The van der Waals surface area contributed by atoms with Gasteiger partial charge in [-0.2, -0.15) is 5.10 Å². The summed E-state index contributed by atoms with van der Waals surface area (Å²) in [5.41, 5.74) is 1.47. The van der Waals surface area contributed by atoms with E-state index >= 15 is 0 Å². The van der Waals surface area contributed by atoms with Gasteiger partial charge in [0.1, 0.15) is 5.82 Å². The molecule has 10 heteroatoms. The maximum atomic E-state index is 14.1. The predicted octanol–water partition coefficient (Wildman–Crippen LogP) is 4.79. The molecule has 35 heavy (non-hydrogen) atoms. The van der Waals surface area contributed by atoms with Crippen LogP contribution in [-0.2, 0) is 13.5 Å². The minimum Gasteiger partial charge on any atom is -0.421 e. The largest absolute Gasteiger partial charge is 0.421 e. The van der Waals surface area contributed by atoms with Crippen LogP contribution >= 0.6 is 0 Å². The van der Waals surface area contributed by atoms with Crippen LogP contribution < -0.4 is 0 Å². The van der Waals surface area contributed by atoms with Crippen molar-refractivity contribution in [3.8, 4) is 22.6 Å². The van der Waals surface area contributed by atoms with Gasteiger partial charge in [-0.15, -0.1) is 10.2 Å². The molecule has 1 fully saturated rings. The number of halogens is 3. The summed E-state index contributed by atoms with van der Waals surface area (Å²) in [6.07, 6.45) is 4.48. The molecule has 1 aliphatic heterocycles. The van der Waals surface area contributed by atoms with E-state index in [1.54, 1.807) is 35.0 Å². The zero-order valence-electron chi connectivity index (χ0n) is 18.9. The first-order chi connectivity index (χ1) is 16.9. The van der Waals surface area contributed by atoms with Crippen molar-refractivity contribution in [2.45, 2.75) is 31.7 Å². The lowest BCUT2D eigenvalue weighted by Gasteiger charge is -2.34. The standard InChI is InChI=1S/C25H22F3N5O2/c1-32-14-19(15-8-10-16(26)11-9-15)23(31-32)25(34)33-12-3-2-5-17(33)13-21-29-30-24(35-21)18-6-4-7-20(27)22(18)28/h4,6-11,14,17H,2-3,5,12-13H2,1H3/t17-/m0/s1. The normalized spacial score (nSPS) is 16.0. The van der Waals surface area contributed by atoms with E-state index in [9.17, 15) is 18.0 Å². The fourth-order valence-corrected chi connectivity index (χ4v) is 4.42. The maximum Gasteiger partial charge on any atom is 0.275 e. The van der Waals surface area contributed by atoms with Crippen molar-refractivity contribution in [1.82, 2.24) is 24.9 Å². The first-order valence-corrected chi connectivity index (χ1v) is 11.3. The Balaban J connectivity index is 1.40. The lowest BCUT2D eigenvalue weighted by Crippen LogP contribution is -2.45. The second-order valence-corrected chi connectivity index (χ2v) is 8.53. The fourth-order valence-electron chi connectivity index (χ4n) is 4.42. The zero-order valence-corrected chi connectivity index (χ0v) is 18.9. The van der Waals surface area contributed by atoms with Crippen molar-refractivity contribution in [3.05, 3.63) is 77.7 Å². The number of piperidine rings is 1. The molecule has 0 unspecified atom stereocenters. The summed E-state index contributed by atoms with van der Waals surface area (Å²) < 4.78 is 48.3. The molecule has 0 saturated carbocycles. The second kappa shape index (κ2) is 9.36. The number of likely N-dealkylation sites (tertiary alicyclic amines) is 1. The van der Waals surface area contributed by atoms with Crippen molar-refractivity contribution >= 4 is 5.91 Å². The molecule has 180 valence electrons. The number of hydrogen-bond acceptors (Lipinski definition) is 5. The summed E-state index contributed by atoms with van der Waals surface area (Å²) in [7, 11) is 1.73. The molecule has 2 aromatic heterocycles. The Kier molecular flexibility index (Phi) is 6.10. The molecule has 1 saturated heterocycles. The van der Waals surface area contributed by atoms with E-state index in [1.807, 2.05) is 0 Å². The molecule has 1 aliphatic rings. The SMILES string of the molecule is Cn1cc(-c2ccc(F)cc2)c(C(=O)N2CCCC[C@H]2Cc2nnc(-c3cccc(F)c3F)o2)n1. The number of carbonyl (C=O) groups excluding carboxylic acids is 1. The summed E-state index contributed by atoms with van der Waals surface area (Å²) in [5.74, 6) is -2.55. The summed E-state index contributed by atoms with van der Waals surface area (Å²) in [5, 5.41) is 12.3. The second-order valence-electron chi connectivity index (χ2n) is 8.53. The third-order valence-electron chi connectivity index (χ3n) is 6.13. The van der Waals surface area contributed by atoms with Gasteiger partial charge in [0.25, 0.3) is 11.8 Å². The highest BCUT2D eigenvalue weighted by Gasteiger charge is 2.32. The van der Waals surface area contributed by atoms with Crippen LogP contribution in [0.5, 0.6) is 0 Å². The van der Waals surface area contributed by atoms with Crippen LogP contribution in [0.25, 0.3) is 22.6 Å². The van der Waals surface area contributed by atoms with Gasteiger partial charge in [-0.05, 0) is 49.1 Å². The van der Waals surface area contributed by atoms with Gasteiger partial charge >= 0.3 is 0 Å². The molecular weight excluding hydrogens is 459 g/mol. The molecule has 7 nitrogen and oxygen atoms in total. The van der Waals surface area contributed by atoms with Crippen LogP contribution in [0.4, 0.5) is 13.2 Å². The number of rotatable bonds is 5. The van der Waals surface area contributed by atoms with Gasteiger partial charge in [0.2, 0.25) is 5.89 Å². The van der Waals surface area contributed by atoms with Crippen molar-refractivity contribution in [3.63, 3.8) is 0 Å². The highest BCUT2D eigenvalue weighted by Crippen LogP contribution is 2.29. The Bertz CT molecular complexity index is 1370. The third kappa shape index (κ3) is 4.55. The van der Waals surface area contributed by atoms with E-state index in [0.717, 1.165) is 25.3 Å². The smallest absolute Gasteiger partial charge is 0.275 e. The van der Waals surface area contributed by atoms with Crippen molar-refractivity contribution in [2.24, 2.45) is 7.05 Å². The topological polar surface area (TPSA) is 77.0 Å². The molecule has 3 heterocycles. The van der Waals surface area contributed by atoms with E-state index < -0.39 is 11.6 Å². The van der Waals surface area contributed by atoms with Crippen LogP contribution in [0.3, 0.4) is 0 Å². The van der Waals surface area contributed by atoms with E-state index in [4.69, 9.17) is 4.42 Å². The van der Waals surface area contributed by atoms with Gasteiger partial charge in [0.15, 0.2) is 17.3 Å². The Morgan fingerprint density at radius 2 is 1.86 bits per heavy atom. The van der Waals surface area contributed by atoms with Crippen molar-refractivity contribution < 1.29 is 22.4 Å². The zero-order chi connectivity index (χ0) is 24.5. The van der Waals surface area contributed by atoms with Gasteiger partial charge in [-0.25, -0.2) is 13.2 Å². The van der Waals surface area contributed by atoms with Crippen LogP contribution in [0.1, 0.15) is 35.6 Å². The number of carbonyl (C=O) groups is 1. The number of nitrogens with zero attached hydrogens (tertiary/aromatic N) is 5. The first kappa shape index (κ1) is 22.8. The molecule has 1 atom stereocenters. The molecule has 4 aromatic rings. The Morgan fingerprint density at radius 1 is 1.06 bits per heavy atom. The van der Waals surface area contributed by atoms with E-state index in [-0.39, 0.29) is 47.2 Å². The van der Waals surface area contributed by atoms with Crippen LogP contribution in [0.2, 0.25) is 0 Å². The number of aromatic nitrogens is 4. The molecule has 2 aromatic carbocycles. The average Bonchev–Trinajstić information content (AvgIpc) is 3.48. The Labute approximate surface area is 199 Å². The average molecular weight is 481 g/mol. The molecule has 1 amide bonds. The van der Waals surface area contributed by atoms with Gasteiger partial charge < -0.3 is 9.32 Å². The van der Waals surface area contributed by atoms with Gasteiger partial charge in [0.05, 0.1) is 5.56 Å². The summed E-state index contributed by atoms with van der Waals surface area (Å²) in [4.78, 5) is 15.3. The lowest BCUT2D eigenvalue weighted by molar-refractivity contribution is 0.0599. The predicted molar refractivity (Wildman–Crippen MR) is 121 cm³/mol. The lowest BCUT2D eigenvalue weighted by atomic mass is 9.97. The monoisotopic (exact) mass is 481 g/mol. The molecular formula is C25H22F3N5O2. The molecule has 0 radical (unpaired) electrons. The fraction of sp³-hybridized carbons (Fsp3) is 0.280. The van der Waals surface area contributed by atoms with E-state index in [1.165, 1.54) is 24.3 Å². The summed E-state index contributed by atoms with van der Waals surface area (Å²) in [6, 6.07) is 9.42. The van der Waals surface area contributed by atoms with Gasteiger partial charge in [-0.3, -0.25) is 9.48 Å². The third-order valence-corrected chi connectivity index (χ3v) is 6.13. The van der Waals surface area contributed by atoms with Crippen LogP contribution in [0.15, 0.2) is 53.1 Å². The summed E-state index contributed by atoms with van der Waals surface area (Å²) >= 11 is 0. The maximum absolute atomic E-state index is 14.1. The van der Waals surface area contributed by atoms with Crippen molar-refractivity contribution in [1.29, 1.82) is 0 Å². The molecule has 0 N–H and O–H groups in total. The Morgan fingerprint density at radius 3 is 2.66 bits per heavy atom. The molecule has 5 rings (SSSR count). The minimum absolute atomic E-state index is 0.113. The number of aryl methyl sites for hydroxylation is 1. The number of amides is 1.